The van der Waals surface area contributed by atoms with E-state index in [4.69, 9.17) is 14.2 Å². The summed E-state index contributed by atoms with van der Waals surface area (Å²) in [6.07, 6.45) is 1.21. The van der Waals surface area contributed by atoms with Gasteiger partial charge in [0.25, 0.3) is 11.8 Å². The standard InChI is InChI=1S/C27H25N3O7S/c1-5-37-25(33)17-6-10-18(11-7-17)29-24(32)20-14-21(31)30-23(16-8-12-19(35-3)13-9-16)22(26(34)36-4)15(2)28-27(30)38-20/h6-14,23H,5H2,1-4H3,(H,29,32)/t23-/m0/s1. The summed E-state index contributed by atoms with van der Waals surface area (Å²) in [5.74, 6) is -1.48. The third kappa shape index (κ3) is 5.32. The van der Waals surface area contributed by atoms with Crippen LogP contribution >= 0.6 is 11.8 Å². The number of carbonyl (C=O) groups excluding carboxylic acids is 4. The van der Waals surface area contributed by atoms with E-state index in [0.29, 0.717) is 28.3 Å². The summed E-state index contributed by atoms with van der Waals surface area (Å²) < 4.78 is 15.2. The van der Waals surface area contributed by atoms with Gasteiger partial charge in [-0.1, -0.05) is 12.1 Å². The highest BCUT2D eigenvalue weighted by molar-refractivity contribution is 8.18. The first kappa shape index (κ1) is 26.7. The maximum atomic E-state index is 13.4. The van der Waals surface area contributed by atoms with Crippen molar-refractivity contribution in [2.45, 2.75) is 19.9 Å². The Balaban J connectivity index is 1.62. The number of esters is 2. The van der Waals surface area contributed by atoms with Gasteiger partial charge >= 0.3 is 11.9 Å². The third-order valence-corrected chi connectivity index (χ3v) is 6.79. The van der Waals surface area contributed by atoms with Crippen molar-refractivity contribution < 1.29 is 33.4 Å². The number of allylic oxidation sites excluding steroid dienone is 1. The van der Waals surface area contributed by atoms with E-state index in [1.54, 1.807) is 57.4 Å². The van der Waals surface area contributed by atoms with Crippen LogP contribution in [0.4, 0.5) is 5.69 Å². The molecule has 1 N–H and O–H groups in total. The highest BCUT2D eigenvalue weighted by Gasteiger charge is 2.42. The Kier molecular flexibility index (Phi) is 7.96. The molecule has 0 saturated carbocycles. The van der Waals surface area contributed by atoms with Crippen molar-refractivity contribution in [2.75, 3.05) is 26.1 Å². The summed E-state index contributed by atoms with van der Waals surface area (Å²) in [7, 11) is 2.81. The molecule has 11 heteroatoms. The van der Waals surface area contributed by atoms with Crippen LogP contribution in [0.15, 0.2) is 75.8 Å². The number of ether oxygens (including phenoxy) is 3. The van der Waals surface area contributed by atoms with Crippen LogP contribution in [0.25, 0.3) is 0 Å². The summed E-state index contributed by atoms with van der Waals surface area (Å²) in [6.45, 7) is 3.63. The van der Waals surface area contributed by atoms with E-state index in [0.717, 1.165) is 11.8 Å². The molecule has 0 saturated heterocycles. The lowest BCUT2D eigenvalue weighted by atomic mass is 9.94. The molecule has 2 amide bonds. The minimum atomic E-state index is -0.808. The van der Waals surface area contributed by atoms with Gasteiger partial charge in [-0.05, 0) is 67.6 Å². The SMILES string of the molecule is CCOC(=O)c1ccc(NC(=O)C2=CC(=O)N3C(=NC(C)=C(C(=O)OC)[C@@H]3c3ccc(OC)cc3)S2)cc1. The first-order valence-electron chi connectivity index (χ1n) is 11.6. The van der Waals surface area contributed by atoms with Gasteiger partial charge in [-0.15, -0.1) is 0 Å². The molecule has 0 radical (unpaired) electrons. The van der Waals surface area contributed by atoms with E-state index in [-0.39, 0.29) is 22.3 Å². The molecule has 0 aliphatic carbocycles. The zero-order valence-corrected chi connectivity index (χ0v) is 22.0. The van der Waals surface area contributed by atoms with Gasteiger partial charge in [0.15, 0.2) is 5.17 Å². The summed E-state index contributed by atoms with van der Waals surface area (Å²) in [4.78, 5) is 56.9. The van der Waals surface area contributed by atoms with Crippen molar-refractivity contribution in [3.8, 4) is 5.75 Å². The zero-order valence-electron chi connectivity index (χ0n) is 21.1. The minimum Gasteiger partial charge on any atom is -0.497 e. The van der Waals surface area contributed by atoms with Crippen molar-refractivity contribution >= 4 is 46.4 Å². The number of methoxy groups -OCH3 is 2. The minimum absolute atomic E-state index is 0.127. The van der Waals surface area contributed by atoms with Crippen molar-refractivity contribution in [2.24, 2.45) is 4.99 Å². The molecule has 0 aromatic heterocycles. The third-order valence-electron chi connectivity index (χ3n) is 5.80. The van der Waals surface area contributed by atoms with E-state index >= 15 is 0 Å². The number of fused-ring (bicyclic) bond motifs is 1. The molecule has 1 atom stereocenters. The number of anilines is 1. The second kappa shape index (κ2) is 11.3. The number of amidine groups is 1. The lowest BCUT2D eigenvalue weighted by molar-refractivity contribution is -0.137. The molecule has 2 aliphatic heterocycles. The van der Waals surface area contributed by atoms with E-state index < -0.39 is 29.8 Å². The molecule has 2 aromatic carbocycles. The number of nitrogens with one attached hydrogen (secondary N) is 1. The summed E-state index contributed by atoms with van der Waals surface area (Å²) in [5, 5.41) is 2.98. The van der Waals surface area contributed by atoms with Crippen LogP contribution in [-0.2, 0) is 23.9 Å². The topological polar surface area (TPSA) is 124 Å². The van der Waals surface area contributed by atoms with Gasteiger partial charge in [0.2, 0.25) is 0 Å². The fourth-order valence-electron chi connectivity index (χ4n) is 3.98. The number of carbonyl (C=O) groups is 4. The summed E-state index contributed by atoms with van der Waals surface area (Å²) in [5.41, 5.74) is 2.03. The van der Waals surface area contributed by atoms with E-state index in [9.17, 15) is 19.2 Å². The first-order chi connectivity index (χ1) is 18.3. The van der Waals surface area contributed by atoms with E-state index in [2.05, 4.69) is 10.3 Å². The van der Waals surface area contributed by atoms with Gasteiger partial charge in [-0.3, -0.25) is 14.5 Å². The molecule has 2 aliphatic rings. The predicted octanol–water partition coefficient (Wildman–Crippen LogP) is 3.83. The average Bonchev–Trinajstić information content (AvgIpc) is 2.92. The van der Waals surface area contributed by atoms with Crippen molar-refractivity contribution in [3.63, 3.8) is 0 Å². The fraction of sp³-hybridized carbons (Fsp3) is 0.222. The molecule has 0 bridgehead atoms. The molecule has 2 heterocycles. The van der Waals surface area contributed by atoms with Gasteiger partial charge < -0.3 is 19.5 Å². The highest BCUT2D eigenvalue weighted by atomic mass is 32.2. The number of hydrogen-bond donors (Lipinski definition) is 1. The summed E-state index contributed by atoms with van der Waals surface area (Å²) in [6, 6.07) is 12.4. The van der Waals surface area contributed by atoms with Crippen molar-refractivity contribution in [1.29, 1.82) is 0 Å². The summed E-state index contributed by atoms with van der Waals surface area (Å²) >= 11 is 1.01. The Hall–Kier alpha value is -4.38. The van der Waals surface area contributed by atoms with Crippen LogP contribution in [0.3, 0.4) is 0 Å². The Morgan fingerprint density at radius 3 is 2.32 bits per heavy atom. The molecular weight excluding hydrogens is 510 g/mol. The smallest absolute Gasteiger partial charge is 0.338 e. The molecule has 196 valence electrons. The Bertz CT molecular complexity index is 1380. The average molecular weight is 536 g/mol. The maximum Gasteiger partial charge on any atom is 0.338 e. The first-order valence-corrected chi connectivity index (χ1v) is 12.4. The second-order valence-corrected chi connectivity index (χ2v) is 9.14. The molecule has 10 nitrogen and oxygen atoms in total. The number of nitrogens with zero attached hydrogens (tertiary/aromatic N) is 2. The van der Waals surface area contributed by atoms with Crippen LogP contribution in [-0.4, -0.2) is 54.6 Å². The lowest BCUT2D eigenvalue weighted by Gasteiger charge is -2.38. The normalized spacial score (nSPS) is 16.7. The molecule has 2 aromatic rings. The largest absolute Gasteiger partial charge is 0.497 e. The molecule has 38 heavy (non-hydrogen) atoms. The van der Waals surface area contributed by atoms with Crippen LogP contribution in [0, 0.1) is 0 Å². The monoisotopic (exact) mass is 535 g/mol. The van der Waals surface area contributed by atoms with E-state index in [1.165, 1.54) is 30.2 Å². The number of benzene rings is 2. The van der Waals surface area contributed by atoms with Gasteiger partial charge in [0.05, 0.1) is 48.6 Å². The zero-order chi connectivity index (χ0) is 27.4. The quantitative estimate of drug-likeness (QED) is 0.531. The predicted molar refractivity (Wildman–Crippen MR) is 141 cm³/mol. The molecule has 4 rings (SSSR count). The van der Waals surface area contributed by atoms with Crippen LogP contribution in [0.2, 0.25) is 0 Å². The number of rotatable bonds is 7. The lowest BCUT2D eigenvalue weighted by Crippen LogP contribution is -2.45. The van der Waals surface area contributed by atoms with Gasteiger partial charge in [0, 0.05) is 11.8 Å². The molecule has 0 spiro atoms. The van der Waals surface area contributed by atoms with Crippen LogP contribution in [0.1, 0.15) is 35.8 Å². The van der Waals surface area contributed by atoms with Gasteiger partial charge in [-0.2, -0.15) is 0 Å². The number of aliphatic imine (C=N–C) groups is 1. The van der Waals surface area contributed by atoms with E-state index in [1.807, 2.05) is 0 Å². The van der Waals surface area contributed by atoms with Crippen LogP contribution < -0.4 is 10.1 Å². The van der Waals surface area contributed by atoms with Crippen LogP contribution in [0.5, 0.6) is 5.75 Å². The molecule has 0 unspecified atom stereocenters. The van der Waals surface area contributed by atoms with Crippen molar-refractivity contribution in [3.05, 3.63) is 81.9 Å². The maximum absolute atomic E-state index is 13.4. The molecule has 0 fully saturated rings. The fourth-order valence-corrected chi connectivity index (χ4v) is 4.95. The van der Waals surface area contributed by atoms with Crippen molar-refractivity contribution in [1.82, 2.24) is 4.90 Å². The molecular formula is C27H25N3O7S. The Morgan fingerprint density at radius 2 is 1.71 bits per heavy atom. The Labute approximate surface area is 223 Å². The second-order valence-electron chi connectivity index (χ2n) is 8.13. The Morgan fingerprint density at radius 1 is 1.03 bits per heavy atom. The number of amides is 2. The number of thioether (sulfide) groups is 1. The number of hydrogen-bond acceptors (Lipinski definition) is 9. The van der Waals surface area contributed by atoms with Gasteiger partial charge in [0.1, 0.15) is 5.75 Å². The van der Waals surface area contributed by atoms with Gasteiger partial charge in [-0.25, -0.2) is 14.6 Å². The highest BCUT2D eigenvalue weighted by Crippen LogP contribution is 2.42.